The summed E-state index contributed by atoms with van der Waals surface area (Å²) < 4.78 is 7.04. The molecular weight excluding hydrogens is 430 g/mol. The van der Waals surface area contributed by atoms with E-state index in [0.717, 1.165) is 25.7 Å². The fourth-order valence-electron chi connectivity index (χ4n) is 4.77. The standard InChI is InChI=1S/C21H29BrClNO3/c1-4-5-19(25)24-21(3)11-18(14-9-13(23)10-16(22)20(14)26)27-17-8-12(2)6-7-15(17)21/h9-10,12,15,17-18,26H,4-8,11H2,1-3H3,(H,24,25)/t12-,15-,17-,18-,21-/m1/s1. The lowest BCUT2D eigenvalue weighted by atomic mass is 9.66. The van der Waals surface area contributed by atoms with Gasteiger partial charge in [-0.25, -0.2) is 0 Å². The van der Waals surface area contributed by atoms with E-state index < -0.39 is 0 Å². The Morgan fingerprint density at radius 2 is 2.19 bits per heavy atom. The summed E-state index contributed by atoms with van der Waals surface area (Å²) in [6.07, 6.45) is 4.92. The van der Waals surface area contributed by atoms with Crippen LogP contribution in [0.15, 0.2) is 16.6 Å². The lowest BCUT2D eigenvalue weighted by Gasteiger charge is -2.52. The molecule has 1 saturated heterocycles. The molecule has 3 rings (SSSR count). The third-order valence-corrected chi connectivity index (χ3v) is 6.95. The molecule has 0 bridgehead atoms. The van der Waals surface area contributed by atoms with Crippen LogP contribution < -0.4 is 5.32 Å². The Hall–Kier alpha value is -0.780. The van der Waals surface area contributed by atoms with E-state index in [9.17, 15) is 9.90 Å². The van der Waals surface area contributed by atoms with E-state index in [4.69, 9.17) is 16.3 Å². The number of phenolic OH excluding ortho intramolecular Hbond substituents is 1. The van der Waals surface area contributed by atoms with Crippen molar-refractivity contribution in [2.75, 3.05) is 0 Å². The van der Waals surface area contributed by atoms with Gasteiger partial charge in [0.15, 0.2) is 0 Å². The highest BCUT2D eigenvalue weighted by Gasteiger charge is 2.49. The maximum absolute atomic E-state index is 12.4. The van der Waals surface area contributed by atoms with Gasteiger partial charge in [0, 0.05) is 34.9 Å². The lowest BCUT2D eigenvalue weighted by molar-refractivity contribution is -0.154. The van der Waals surface area contributed by atoms with Gasteiger partial charge in [-0.3, -0.25) is 4.79 Å². The number of hydrogen-bond acceptors (Lipinski definition) is 3. The van der Waals surface area contributed by atoms with E-state index in [2.05, 4.69) is 35.1 Å². The normalized spacial score (nSPS) is 33.4. The van der Waals surface area contributed by atoms with E-state index in [1.807, 2.05) is 6.92 Å². The van der Waals surface area contributed by atoms with Gasteiger partial charge in [-0.15, -0.1) is 0 Å². The smallest absolute Gasteiger partial charge is 0.220 e. The predicted octanol–water partition coefficient (Wildman–Crippen LogP) is 5.75. The molecule has 1 aromatic carbocycles. The highest BCUT2D eigenvalue weighted by Crippen LogP contribution is 2.50. The maximum atomic E-state index is 12.4. The fraction of sp³-hybridized carbons (Fsp3) is 0.667. The molecule has 150 valence electrons. The summed E-state index contributed by atoms with van der Waals surface area (Å²) in [4.78, 5) is 12.4. The van der Waals surface area contributed by atoms with Crippen LogP contribution in [0.3, 0.4) is 0 Å². The first kappa shape index (κ1) is 20.9. The first-order valence-electron chi connectivity index (χ1n) is 9.88. The highest BCUT2D eigenvalue weighted by atomic mass is 79.9. The van der Waals surface area contributed by atoms with Crippen LogP contribution in [0.4, 0.5) is 0 Å². The topological polar surface area (TPSA) is 58.6 Å². The molecule has 1 aliphatic carbocycles. The number of benzene rings is 1. The molecule has 2 fully saturated rings. The molecule has 2 aliphatic rings. The summed E-state index contributed by atoms with van der Waals surface area (Å²) in [7, 11) is 0. The van der Waals surface area contributed by atoms with Gasteiger partial charge < -0.3 is 15.2 Å². The van der Waals surface area contributed by atoms with Gasteiger partial charge in [0.05, 0.1) is 16.7 Å². The van der Waals surface area contributed by atoms with Gasteiger partial charge in [0.25, 0.3) is 0 Å². The van der Waals surface area contributed by atoms with E-state index in [1.54, 1.807) is 12.1 Å². The van der Waals surface area contributed by atoms with Crippen molar-refractivity contribution in [2.24, 2.45) is 11.8 Å². The molecule has 0 aromatic heterocycles. The zero-order chi connectivity index (χ0) is 19.8. The minimum atomic E-state index is -0.360. The summed E-state index contributed by atoms with van der Waals surface area (Å²) >= 11 is 9.60. The van der Waals surface area contributed by atoms with E-state index in [0.29, 0.717) is 33.8 Å². The van der Waals surface area contributed by atoms with Crippen LogP contribution in [0.25, 0.3) is 0 Å². The Kier molecular flexibility index (Phi) is 6.44. The van der Waals surface area contributed by atoms with E-state index >= 15 is 0 Å². The zero-order valence-electron chi connectivity index (χ0n) is 16.2. The Labute approximate surface area is 175 Å². The zero-order valence-corrected chi connectivity index (χ0v) is 18.6. The third kappa shape index (κ3) is 4.46. The Bertz CT molecular complexity index is 713. The van der Waals surface area contributed by atoms with Crippen LogP contribution in [-0.4, -0.2) is 22.7 Å². The number of halogens is 2. The largest absolute Gasteiger partial charge is 0.506 e. The molecule has 6 heteroatoms. The van der Waals surface area contributed by atoms with Crippen molar-refractivity contribution >= 4 is 33.4 Å². The molecule has 27 heavy (non-hydrogen) atoms. The quantitative estimate of drug-likeness (QED) is 0.604. The van der Waals surface area contributed by atoms with Crippen LogP contribution >= 0.6 is 27.5 Å². The second-order valence-electron chi connectivity index (χ2n) is 8.43. The minimum Gasteiger partial charge on any atom is -0.506 e. The first-order chi connectivity index (χ1) is 12.7. The van der Waals surface area contributed by atoms with Crippen LogP contribution in [0, 0.1) is 11.8 Å². The summed E-state index contributed by atoms with van der Waals surface area (Å²) in [6.45, 7) is 6.41. The lowest BCUT2D eigenvalue weighted by Crippen LogP contribution is -2.60. The SMILES string of the molecule is CCCC(=O)N[C@]1(C)C[C@H](c2cc(Cl)cc(Br)c2O)O[C@@H]2C[C@H](C)CC[C@H]21. The summed E-state index contributed by atoms with van der Waals surface area (Å²) in [5.74, 6) is 1.14. The van der Waals surface area contributed by atoms with Gasteiger partial charge in [0.2, 0.25) is 5.91 Å². The summed E-state index contributed by atoms with van der Waals surface area (Å²) in [5.41, 5.74) is 0.323. The van der Waals surface area contributed by atoms with Gasteiger partial charge in [-0.2, -0.15) is 0 Å². The van der Waals surface area contributed by atoms with Crippen LogP contribution in [0.2, 0.25) is 5.02 Å². The van der Waals surface area contributed by atoms with Crippen LogP contribution in [-0.2, 0) is 9.53 Å². The van der Waals surface area contributed by atoms with Gasteiger partial charge >= 0.3 is 0 Å². The molecule has 5 atom stereocenters. The number of carbonyl (C=O) groups is 1. The molecule has 1 amide bonds. The second kappa shape index (κ2) is 8.30. The average molecular weight is 459 g/mol. The summed E-state index contributed by atoms with van der Waals surface area (Å²) in [6, 6.07) is 3.45. The number of aromatic hydroxyl groups is 1. The van der Waals surface area contributed by atoms with Gasteiger partial charge in [0.1, 0.15) is 5.75 Å². The van der Waals surface area contributed by atoms with Crippen molar-refractivity contribution in [1.29, 1.82) is 0 Å². The molecule has 4 nitrogen and oxygen atoms in total. The van der Waals surface area contributed by atoms with Gasteiger partial charge in [-0.05, 0) is 60.2 Å². The minimum absolute atomic E-state index is 0.0663. The van der Waals surface area contributed by atoms with E-state index in [-0.39, 0.29) is 35.3 Å². The predicted molar refractivity (Wildman–Crippen MR) is 111 cm³/mol. The Morgan fingerprint density at radius 3 is 2.89 bits per heavy atom. The molecule has 1 saturated carbocycles. The summed E-state index contributed by atoms with van der Waals surface area (Å²) in [5, 5.41) is 14.4. The molecule has 0 unspecified atom stereocenters. The third-order valence-electron chi connectivity index (χ3n) is 6.13. The van der Waals surface area contributed by atoms with Crippen molar-refractivity contribution < 1.29 is 14.6 Å². The Balaban J connectivity index is 1.94. The first-order valence-corrected chi connectivity index (χ1v) is 11.0. The van der Waals surface area contributed by atoms with Crippen LogP contribution in [0.5, 0.6) is 5.75 Å². The molecule has 1 heterocycles. The average Bonchev–Trinajstić information content (AvgIpc) is 2.57. The van der Waals surface area contributed by atoms with Crippen molar-refractivity contribution in [3.63, 3.8) is 0 Å². The maximum Gasteiger partial charge on any atom is 0.220 e. The van der Waals surface area contributed by atoms with Crippen molar-refractivity contribution in [2.45, 2.75) is 77.0 Å². The number of hydrogen-bond donors (Lipinski definition) is 2. The fourth-order valence-corrected chi connectivity index (χ4v) is 5.60. The molecular formula is C21H29BrClNO3. The number of ether oxygens (including phenoxy) is 1. The number of rotatable bonds is 4. The molecule has 0 spiro atoms. The molecule has 2 N–H and O–H groups in total. The highest BCUT2D eigenvalue weighted by molar-refractivity contribution is 9.10. The number of phenols is 1. The Morgan fingerprint density at radius 1 is 1.44 bits per heavy atom. The number of nitrogens with one attached hydrogen (secondary N) is 1. The van der Waals surface area contributed by atoms with Crippen molar-refractivity contribution in [3.05, 3.63) is 27.2 Å². The number of carbonyl (C=O) groups excluding carboxylic acids is 1. The van der Waals surface area contributed by atoms with Crippen molar-refractivity contribution in [3.8, 4) is 5.75 Å². The molecule has 1 aliphatic heterocycles. The van der Waals surface area contributed by atoms with Gasteiger partial charge in [-0.1, -0.05) is 31.9 Å². The second-order valence-corrected chi connectivity index (χ2v) is 9.72. The molecule has 1 aromatic rings. The van der Waals surface area contributed by atoms with E-state index in [1.165, 1.54) is 0 Å². The van der Waals surface area contributed by atoms with Crippen LogP contribution in [0.1, 0.15) is 71.0 Å². The number of amides is 1. The monoisotopic (exact) mass is 457 g/mol. The molecule has 0 radical (unpaired) electrons. The van der Waals surface area contributed by atoms with Crippen molar-refractivity contribution in [1.82, 2.24) is 5.32 Å². The number of fused-ring (bicyclic) bond motifs is 1.